The third-order valence-electron chi connectivity index (χ3n) is 4.77. The molecule has 0 saturated carbocycles. The molecule has 0 bridgehead atoms. The third-order valence-corrected chi connectivity index (χ3v) is 4.77. The molecule has 0 aliphatic carbocycles. The van der Waals surface area contributed by atoms with Crippen molar-refractivity contribution in [2.24, 2.45) is 0 Å². The van der Waals surface area contributed by atoms with Gasteiger partial charge in [-0.05, 0) is 30.7 Å². The number of furan rings is 1. The number of aryl methyl sites for hydroxylation is 1. The molecule has 1 aromatic heterocycles. The average molecular weight is 368 g/mol. The molecule has 2 aromatic carbocycles. The molecule has 1 fully saturated rings. The van der Waals surface area contributed by atoms with Crippen LogP contribution in [0.3, 0.4) is 0 Å². The maximum Gasteiger partial charge on any atom is 0.255 e. The van der Waals surface area contributed by atoms with Gasteiger partial charge in [-0.25, -0.2) is 4.39 Å². The first kappa shape index (κ1) is 17.5. The largest absolute Gasteiger partial charge is 0.489 e. The zero-order valence-corrected chi connectivity index (χ0v) is 15.0. The Bertz CT molecular complexity index is 955. The molecular weight excluding hydrogens is 347 g/mol. The lowest BCUT2D eigenvalue weighted by Crippen LogP contribution is -2.41. The normalized spacial score (nSPS) is 19.3. The van der Waals surface area contributed by atoms with E-state index < -0.39 is 12.2 Å². The predicted octanol–water partition coefficient (Wildman–Crippen LogP) is 3.36. The number of carbonyl (C=O) groups excluding carboxylic acids is 1. The van der Waals surface area contributed by atoms with Crippen molar-refractivity contribution in [1.29, 1.82) is 0 Å². The lowest BCUT2D eigenvalue weighted by atomic mass is 10.1. The SMILES string of the molecule is Cc1oc2ccc(OCc3ccccc3)cc2c1C(=O)NC1CNCC1F. The Balaban J connectivity index is 1.56. The first-order valence-electron chi connectivity index (χ1n) is 8.97. The molecule has 2 heterocycles. The fourth-order valence-electron chi connectivity index (χ4n) is 3.34. The topological polar surface area (TPSA) is 63.5 Å². The summed E-state index contributed by atoms with van der Waals surface area (Å²) in [6.45, 7) is 2.85. The highest BCUT2D eigenvalue weighted by Gasteiger charge is 2.30. The van der Waals surface area contributed by atoms with Crippen LogP contribution in [0.2, 0.25) is 0 Å². The number of ether oxygens (including phenoxy) is 1. The van der Waals surface area contributed by atoms with Crippen molar-refractivity contribution in [3.05, 3.63) is 65.4 Å². The monoisotopic (exact) mass is 368 g/mol. The minimum Gasteiger partial charge on any atom is -0.489 e. The zero-order chi connectivity index (χ0) is 18.8. The minimum atomic E-state index is -1.09. The molecule has 2 unspecified atom stereocenters. The van der Waals surface area contributed by atoms with E-state index in [1.54, 1.807) is 19.1 Å². The highest BCUT2D eigenvalue weighted by atomic mass is 19.1. The maximum absolute atomic E-state index is 13.8. The molecule has 4 rings (SSSR count). The van der Waals surface area contributed by atoms with Crippen LogP contribution in [0.5, 0.6) is 5.75 Å². The molecule has 0 spiro atoms. The van der Waals surface area contributed by atoms with Crippen molar-refractivity contribution in [3.8, 4) is 5.75 Å². The van der Waals surface area contributed by atoms with Crippen LogP contribution >= 0.6 is 0 Å². The van der Waals surface area contributed by atoms with E-state index in [4.69, 9.17) is 9.15 Å². The lowest BCUT2D eigenvalue weighted by molar-refractivity contribution is 0.0924. The lowest BCUT2D eigenvalue weighted by Gasteiger charge is -2.13. The van der Waals surface area contributed by atoms with Gasteiger partial charge in [0.1, 0.15) is 29.9 Å². The Kier molecular flexibility index (Phi) is 4.81. The van der Waals surface area contributed by atoms with Crippen LogP contribution in [0.1, 0.15) is 21.7 Å². The number of nitrogens with one attached hydrogen (secondary N) is 2. The molecule has 27 heavy (non-hydrogen) atoms. The zero-order valence-electron chi connectivity index (χ0n) is 15.0. The van der Waals surface area contributed by atoms with Crippen molar-refractivity contribution in [2.75, 3.05) is 13.1 Å². The number of amides is 1. The highest BCUT2D eigenvalue weighted by Crippen LogP contribution is 2.29. The van der Waals surface area contributed by atoms with Crippen LogP contribution in [0.4, 0.5) is 4.39 Å². The first-order valence-corrected chi connectivity index (χ1v) is 8.97. The average Bonchev–Trinajstić information content (AvgIpc) is 3.22. The number of alkyl halides is 1. The van der Waals surface area contributed by atoms with Crippen LogP contribution in [0, 0.1) is 6.92 Å². The van der Waals surface area contributed by atoms with E-state index in [1.165, 1.54) is 0 Å². The molecule has 1 aliphatic rings. The van der Waals surface area contributed by atoms with E-state index in [2.05, 4.69) is 10.6 Å². The smallest absolute Gasteiger partial charge is 0.255 e. The van der Waals surface area contributed by atoms with Gasteiger partial charge in [0.05, 0.1) is 11.6 Å². The van der Waals surface area contributed by atoms with Crippen LogP contribution in [-0.4, -0.2) is 31.2 Å². The van der Waals surface area contributed by atoms with Gasteiger partial charge in [0.15, 0.2) is 0 Å². The van der Waals surface area contributed by atoms with E-state index in [0.29, 0.717) is 41.2 Å². The van der Waals surface area contributed by atoms with Crippen molar-refractivity contribution >= 4 is 16.9 Å². The molecular formula is C21H21FN2O3. The van der Waals surface area contributed by atoms with E-state index in [-0.39, 0.29) is 12.5 Å². The van der Waals surface area contributed by atoms with E-state index in [9.17, 15) is 9.18 Å². The first-order chi connectivity index (χ1) is 13.1. The summed E-state index contributed by atoms with van der Waals surface area (Å²) in [7, 11) is 0. The van der Waals surface area contributed by atoms with Gasteiger partial charge in [0.25, 0.3) is 5.91 Å². The Morgan fingerprint density at radius 3 is 2.81 bits per heavy atom. The minimum absolute atomic E-state index is 0.257. The highest BCUT2D eigenvalue weighted by molar-refractivity contribution is 6.07. The quantitative estimate of drug-likeness (QED) is 0.725. The van der Waals surface area contributed by atoms with E-state index in [0.717, 1.165) is 5.56 Å². The van der Waals surface area contributed by atoms with Gasteiger partial charge in [-0.1, -0.05) is 30.3 Å². The second-order valence-corrected chi connectivity index (χ2v) is 6.72. The number of hydrogen-bond donors (Lipinski definition) is 2. The molecule has 2 atom stereocenters. The van der Waals surface area contributed by atoms with Crippen LogP contribution in [0.25, 0.3) is 11.0 Å². The Labute approximate surface area is 156 Å². The van der Waals surface area contributed by atoms with Gasteiger partial charge in [0.2, 0.25) is 0 Å². The number of benzene rings is 2. The van der Waals surface area contributed by atoms with Crippen molar-refractivity contribution in [1.82, 2.24) is 10.6 Å². The molecule has 1 saturated heterocycles. The van der Waals surface area contributed by atoms with Crippen LogP contribution in [0.15, 0.2) is 52.9 Å². The van der Waals surface area contributed by atoms with Gasteiger partial charge < -0.3 is 19.8 Å². The molecule has 1 aliphatic heterocycles. The number of carbonyl (C=O) groups is 1. The summed E-state index contributed by atoms with van der Waals surface area (Å²) < 4.78 is 25.4. The summed E-state index contributed by atoms with van der Waals surface area (Å²) in [4.78, 5) is 12.7. The Morgan fingerprint density at radius 2 is 2.07 bits per heavy atom. The van der Waals surface area contributed by atoms with Gasteiger partial charge in [0, 0.05) is 18.5 Å². The van der Waals surface area contributed by atoms with Gasteiger partial charge in [-0.15, -0.1) is 0 Å². The van der Waals surface area contributed by atoms with E-state index in [1.807, 2.05) is 36.4 Å². The summed E-state index contributed by atoms with van der Waals surface area (Å²) in [6, 6.07) is 14.7. The number of rotatable bonds is 5. The number of hydrogen-bond acceptors (Lipinski definition) is 4. The summed E-state index contributed by atoms with van der Waals surface area (Å²) in [5, 5.41) is 6.36. The maximum atomic E-state index is 13.8. The number of fused-ring (bicyclic) bond motifs is 1. The second-order valence-electron chi connectivity index (χ2n) is 6.72. The number of halogens is 1. The molecule has 2 N–H and O–H groups in total. The predicted molar refractivity (Wildman–Crippen MR) is 101 cm³/mol. The molecule has 1 amide bonds. The molecule has 0 radical (unpaired) electrons. The molecule has 6 heteroatoms. The van der Waals surface area contributed by atoms with Crippen molar-refractivity contribution in [2.45, 2.75) is 25.7 Å². The fourth-order valence-corrected chi connectivity index (χ4v) is 3.34. The van der Waals surface area contributed by atoms with Gasteiger partial charge in [-0.3, -0.25) is 4.79 Å². The van der Waals surface area contributed by atoms with E-state index >= 15 is 0 Å². The van der Waals surface area contributed by atoms with Crippen LogP contribution < -0.4 is 15.4 Å². The molecule has 5 nitrogen and oxygen atoms in total. The molecule has 3 aromatic rings. The summed E-state index contributed by atoms with van der Waals surface area (Å²) >= 11 is 0. The fraction of sp³-hybridized carbons (Fsp3) is 0.286. The van der Waals surface area contributed by atoms with Gasteiger partial charge >= 0.3 is 0 Å². The standard InChI is InChI=1S/C21H21FN2O3/c1-13-20(21(25)24-18-11-23-10-17(18)22)16-9-15(7-8-19(16)27-13)26-12-14-5-3-2-4-6-14/h2-9,17-18,23H,10-12H2,1H3,(H,24,25). The summed E-state index contributed by atoms with van der Waals surface area (Å²) in [5.41, 5.74) is 2.09. The van der Waals surface area contributed by atoms with Crippen molar-refractivity contribution < 1.29 is 18.3 Å². The second kappa shape index (κ2) is 7.40. The summed E-state index contributed by atoms with van der Waals surface area (Å²) in [5.74, 6) is 0.819. The Hall–Kier alpha value is -2.86. The van der Waals surface area contributed by atoms with Crippen LogP contribution in [-0.2, 0) is 6.61 Å². The van der Waals surface area contributed by atoms with Gasteiger partial charge in [-0.2, -0.15) is 0 Å². The van der Waals surface area contributed by atoms with Crippen molar-refractivity contribution in [3.63, 3.8) is 0 Å². The third kappa shape index (κ3) is 3.66. The molecule has 140 valence electrons. The Morgan fingerprint density at radius 1 is 1.26 bits per heavy atom. The summed E-state index contributed by atoms with van der Waals surface area (Å²) in [6.07, 6.45) is -1.09.